The van der Waals surface area contributed by atoms with Crippen molar-refractivity contribution in [3.63, 3.8) is 0 Å². The van der Waals surface area contributed by atoms with Crippen LogP contribution >= 0.6 is 0 Å². The average Bonchev–Trinajstić information content (AvgIpc) is 2.53. The van der Waals surface area contributed by atoms with E-state index in [0.29, 0.717) is 18.8 Å². The van der Waals surface area contributed by atoms with Gasteiger partial charge in [-0.05, 0) is 44.5 Å². The van der Waals surface area contributed by atoms with Gasteiger partial charge in [-0.2, -0.15) is 0 Å². The maximum atomic E-state index is 12.1. The molecule has 2 N–H and O–H groups in total. The van der Waals surface area contributed by atoms with Gasteiger partial charge in [0, 0.05) is 19.2 Å². The molecule has 0 spiro atoms. The van der Waals surface area contributed by atoms with E-state index in [1.54, 1.807) is 14.0 Å². The third kappa shape index (κ3) is 6.86. The smallest absolute Gasteiger partial charge is 0.258 e. The molecule has 0 aliphatic carbocycles. The van der Waals surface area contributed by atoms with Crippen LogP contribution in [0.25, 0.3) is 0 Å². The first-order valence-corrected chi connectivity index (χ1v) is 9.30. The largest absolute Gasteiger partial charge is 0.484 e. The molecule has 2 atom stereocenters. The SMILES string of the molecule is CC[C@@H](C)NS(=O)(=O)c1ccc(OCC(=O)N[C@H](C)COC)cc1. The van der Waals surface area contributed by atoms with Crippen LogP contribution in [0, 0.1) is 0 Å². The number of carbonyl (C=O) groups is 1. The Morgan fingerprint density at radius 2 is 1.79 bits per heavy atom. The molecule has 0 unspecified atom stereocenters. The first kappa shape index (κ1) is 20.4. The van der Waals surface area contributed by atoms with Crippen LogP contribution in [0.4, 0.5) is 0 Å². The predicted molar refractivity (Wildman–Crippen MR) is 91.5 cm³/mol. The Morgan fingerprint density at radius 1 is 1.17 bits per heavy atom. The summed E-state index contributed by atoms with van der Waals surface area (Å²) in [5.41, 5.74) is 0. The zero-order valence-electron chi connectivity index (χ0n) is 14.5. The summed E-state index contributed by atoms with van der Waals surface area (Å²) in [6, 6.07) is 5.71. The Kier molecular flexibility index (Phi) is 8.17. The Balaban J connectivity index is 2.57. The molecule has 0 saturated carbocycles. The predicted octanol–water partition coefficient (Wildman–Crippen LogP) is 1.29. The van der Waals surface area contributed by atoms with Gasteiger partial charge in [0.15, 0.2) is 6.61 Å². The summed E-state index contributed by atoms with van der Waals surface area (Å²) >= 11 is 0. The first-order chi connectivity index (χ1) is 11.3. The van der Waals surface area contributed by atoms with E-state index in [9.17, 15) is 13.2 Å². The summed E-state index contributed by atoms with van der Waals surface area (Å²) in [5, 5.41) is 2.72. The summed E-state index contributed by atoms with van der Waals surface area (Å²) in [6.45, 7) is 5.80. The molecule has 0 fully saturated rings. The normalized spacial score (nSPS) is 14.0. The lowest BCUT2D eigenvalue weighted by Gasteiger charge is -2.14. The van der Waals surface area contributed by atoms with E-state index < -0.39 is 10.0 Å². The fourth-order valence-electron chi connectivity index (χ4n) is 1.89. The maximum Gasteiger partial charge on any atom is 0.258 e. The van der Waals surface area contributed by atoms with Crippen LogP contribution in [0.2, 0.25) is 0 Å². The van der Waals surface area contributed by atoms with Crippen molar-refractivity contribution in [2.24, 2.45) is 0 Å². The highest BCUT2D eigenvalue weighted by Crippen LogP contribution is 2.16. The van der Waals surface area contributed by atoms with Gasteiger partial charge < -0.3 is 14.8 Å². The van der Waals surface area contributed by atoms with Crippen molar-refractivity contribution in [3.05, 3.63) is 24.3 Å². The number of ether oxygens (including phenoxy) is 2. The molecule has 1 aromatic carbocycles. The number of nitrogens with one attached hydrogen (secondary N) is 2. The van der Waals surface area contributed by atoms with E-state index in [1.165, 1.54) is 24.3 Å². The Hall–Kier alpha value is -1.64. The van der Waals surface area contributed by atoms with Crippen molar-refractivity contribution in [1.29, 1.82) is 0 Å². The van der Waals surface area contributed by atoms with Crippen LogP contribution in [-0.4, -0.2) is 46.7 Å². The van der Waals surface area contributed by atoms with Gasteiger partial charge in [0.2, 0.25) is 10.0 Å². The lowest BCUT2D eigenvalue weighted by Crippen LogP contribution is -2.38. The van der Waals surface area contributed by atoms with Crippen molar-refractivity contribution < 1.29 is 22.7 Å². The van der Waals surface area contributed by atoms with Crippen LogP contribution in [0.1, 0.15) is 27.2 Å². The van der Waals surface area contributed by atoms with E-state index in [-0.39, 0.29) is 29.5 Å². The van der Waals surface area contributed by atoms with Crippen molar-refractivity contribution in [2.45, 2.75) is 44.2 Å². The number of hydrogen-bond donors (Lipinski definition) is 2. The lowest BCUT2D eigenvalue weighted by atomic mass is 10.3. The van der Waals surface area contributed by atoms with Crippen molar-refractivity contribution in [1.82, 2.24) is 10.0 Å². The molecule has 136 valence electrons. The van der Waals surface area contributed by atoms with Crippen LogP contribution in [0.3, 0.4) is 0 Å². The maximum absolute atomic E-state index is 12.1. The Bertz CT molecular complexity index is 616. The second-order valence-electron chi connectivity index (χ2n) is 5.61. The highest BCUT2D eigenvalue weighted by molar-refractivity contribution is 7.89. The summed E-state index contributed by atoms with van der Waals surface area (Å²) in [5.74, 6) is 0.154. The summed E-state index contributed by atoms with van der Waals surface area (Å²) in [6.07, 6.45) is 0.705. The van der Waals surface area contributed by atoms with Gasteiger partial charge in [-0.15, -0.1) is 0 Å². The van der Waals surface area contributed by atoms with Crippen LogP contribution in [0.15, 0.2) is 29.2 Å². The monoisotopic (exact) mass is 358 g/mol. The van der Waals surface area contributed by atoms with E-state index in [1.807, 2.05) is 13.8 Å². The Morgan fingerprint density at radius 3 is 2.33 bits per heavy atom. The second kappa shape index (κ2) is 9.61. The minimum Gasteiger partial charge on any atom is -0.484 e. The van der Waals surface area contributed by atoms with E-state index in [4.69, 9.17) is 9.47 Å². The third-order valence-corrected chi connectivity index (χ3v) is 4.90. The van der Waals surface area contributed by atoms with Gasteiger partial charge in [0.1, 0.15) is 5.75 Å². The zero-order valence-corrected chi connectivity index (χ0v) is 15.4. The number of sulfonamides is 1. The molecule has 0 aromatic heterocycles. The Labute approximate surface area is 143 Å². The number of rotatable bonds is 10. The molecule has 24 heavy (non-hydrogen) atoms. The third-order valence-electron chi connectivity index (χ3n) is 3.30. The molecule has 7 nitrogen and oxygen atoms in total. The number of benzene rings is 1. The fourth-order valence-corrected chi connectivity index (χ4v) is 3.22. The summed E-state index contributed by atoms with van der Waals surface area (Å²) < 4.78 is 37.1. The van der Waals surface area contributed by atoms with Gasteiger partial charge in [-0.25, -0.2) is 13.1 Å². The van der Waals surface area contributed by atoms with Gasteiger partial charge in [-0.1, -0.05) is 6.92 Å². The van der Waals surface area contributed by atoms with Gasteiger partial charge in [0.05, 0.1) is 11.5 Å². The molecule has 0 bridgehead atoms. The van der Waals surface area contributed by atoms with Crippen LogP contribution < -0.4 is 14.8 Å². The van der Waals surface area contributed by atoms with Crippen molar-refractivity contribution in [2.75, 3.05) is 20.3 Å². The highest BCUT2D eigenvalue weighted by atomic mass is 32.2. The summed E-state index contributed by atoms with van der Waals surface area (Å²) in [4.78, 5) is 11.8. The molecule has 8 heteroatoms. The minimum atomic E-state index is -3.54. The number of carbonyl (C=O) groups excluding carboxylic acids is 1. The molecule has 0 radical (unpaired) electrons. The summed E-state index contributed by atoms with van der Waals surface area (Å²) in [7, 11) is -1.98. The molecule has 0 heterocycles. The molecule has 0 aliphatic rings. The fraction of sp³-hybridized carbons (Fsp3) is 0.562. The van der Waals surface area contributed by atoms with E-state index in [2.05, 4.69) is 10.0 Å². The second-order valence-corrected chi connectivity index (χ2v) is 7.33. The number of methoxy groups -OCH3 is 1. The molecular formula is C16H26N2O5S. The number of hydrogen-bond acceptors (Lipinski definition) is 5. The molecular weight excluding hydrogens is 332 g/mol. The van der Waals surface area contributed by atoms with Gasteiger partial charge in [0.25, 0.3) is 5.91 Å². The van der Waals surface area contributed by atoms with E-state index in [0.717, 1.165) is 0 Å². The molecule has 1 rings (SSSR count). The number of amides is 1. The van der Waals surface area contributed by atoms with Crippen LogP contribution in [-0.2, 0) is 19.6 Å². The molecule has 0 saturated heterocycles. The zero-order chi connectivity index (χ0) is 18.2. The lowest BCUT2D eigenvalue weighted by molar-refractivity contribution is -0.124. The molecule has 1 aromatic rings. The topological polar surface area (TPSA) is 93.7 Å². The average molecular weight is 358 g/mol. The van der Waals surface area contributed by atoms with Crippen molar-refractivity contribution >= 4 is 15.9 Å². The first-order valence-electron chi connectivity index (χ1n) is 7.82. The van der Waals surface area contributed by atoms with Crippen molar-refractivity contribution in [3.8, 4) is 5.75 Å². The van der Waals surface area contributed by atoms with Gasteiger partial charge in [-0.3, -0.25) is 4.79 Å². The van der Waals surface area contributed by atoms with Gasteiger partial charge >= 0.3 is 0 Å². The van der Waals surface area contributed by atoms with Crippen LogP contribution in [0.5, 0.6) is 5.75 Å². The minimum absolute atomic E-state index is 0.106. The molecule has 0 aliphatic heterocycles. The molecule has 1 amide bonds. The quantitative estimate of drug-likeness (QED) is 0.657. The highest BCUT2D eigenvalue weighted by Gasteiger charge is 2.16. The standard InChI is InChI=1S/C16H26N2O5S/c1-5-12(2)18-24(20,21)15-8-6-14(7-9-15)23-11-16(19)17-13(3)10-22-4/h6-9,12-13,18H,5,10-11H2,1-4H3,(H,17,19)/t12-,13-/m1/s1. The van der Waals surface area contributed by atoms with E-state index >= 15 is 0 Å².